The van der Waals surface area contributed by atoms with E-state index < -0.39 is 0 Å². The third-order valence-electron chi connectivity index (χ3n) is 5.48. The lowest BCUT2D eigenvalue weighted by Gasteiger charge is -2.38. The summed E-state index contributed by atoms with van der Waals surface area (Å²) in [6.45, 7) is 2.81. The van der Waals surface area contributed by atoms with Crippen molar-refractivity contribution in [3.05, 3.63) is 52.4 Å². The number of aromatic nitrogens is 4. The molecule has 1 aliphatic rings. The van der Waals surface area contributed by atoms with Crippen molar-refractivity contribution in [3.8, 4) is 17.3 Å². The molecule has 3 aromatic rings. The Morgan fingerprint density at radius 3 is 2.87 bits per heavy atom. The van der Waals surface area contributed by atoms with Crippen LogP contribution in [0.2, 0.25) is 0 Å². The molecular weight excluding hydrogens is 414 g/mol. The Bertz CT molecular complexity index is 1100. The number of rotatable bonds is 5. The highest BCUT2D eigenvalue weighted by Crippen LogP contribution is 2.26. The highest BCUT2D eigenvalue weighted by atomic mass is 32.1. The van der Waals surface area contributed by atoms with Gasteiger partial charge in [-0.2, -0.15) is 10.4 Å². The normalized spacial score (nSPS) is 18.4. The number of nitrogens with one attached hydrogen (secondary N) is 2. The number of benzene rings is 1. The standard InChI is InChI=1S/C21H21N7O2S/c1-13-16(3-2-8-28(13)21(30)19-24-12-25-27-19)20(29)23-10-18-26-17(11-31-18)15-6-4-14(9-22)5-7-15/h4-7,11-13,16H,2-3,8,10H2,1H3,(H,23,29)(H,24,25,27)/t13-,16-/m0/s1. The summed E-state index contributed by atoms with van der Waals surface area (Å²) in [6, 6.07) is 9.09. The van der Waals surface area contributed by atoms with E-state index in [1.165, 1.54) is 17.7 Å². The minimum Gasteiger partial charge on any atom is -0.349 e. The number of thiazole rings is 1. The second kappa shape index (κ2) is 9.06. The fraction of sp³-hybridized carbons (Fsp3) is 0.333. The first kappa shape index (κ1) is 20.7. The maximum Gasteiger partial charge on any atom is 0.291 e. The predicted molar refractivity (Wildman–Crippen MR) is 114 cm³/mol. The van der Waals surface area contributed by atoms with Gasteiger partial charge in [-0.3, -0.25) is 14.7 Å². The van der Waals surface area contributed by atoms with Crippen LogP contribution in [-0.2, 0) is 11.3 Å². The fourth-order valence-corrected chi connectivity index (χ4v) is 4.50. The number of hydrogen-bond donors (Lipinski definition) is 2. The largest absolute Gasteiger partial charge is 0.349 e. The van der Waals surface area contributed by atoms with Crippen LogP contribution >= 0.6 is 11.3 Å². The quantitative estimate of drug-likeness (QED) is 0.633. The Kier molecular flexibility index (Phi) is 6.04. The van der Waals surface area contributed by atoms with Crippen molar-refractivity contribution in [2.24, 2.45) is 5.92 Å². The number of carbonyl (C=O) groups is 2. The van der Waals surface area contributed by atoms with E-state index in [4.69, 9.17) is 5.26 Å². The van der Waals surface area contributed by atoms with Crippen LogP contribution in [-0.4, -0.2) is 49.5 Å². The molecule has 2 N–H and O–H groups in total. The van der Waals surface area contributed by atoms with Crippen LogP contribution in [0.4, 0.5) is 0 Å². The van der Waals surface area contributed by atoms with Crippen LogP contribution in [0.25, 0.3) is 11.3 Å². The molecule has 0 spiro atoms. The SMILES string of the molecule is C[C@H]1[C@@H](C(=O)NCc2nc(-c3ccc(C#N)cc3)cs2)CCCN1C(=O)c1ncn[nH]1. The van der Waals surface area contributed by atoms with Gasteiger partial charge >= 0.3 is 0 Å². The molecule has 0 radical (unpaired) electrons. The maximum absolute atomic E-state index is 12.8. The lowest BCUT2D eigenvalue weighted by molar-refractivity contribution is -0.128. The average molecular weight is 436 g/mol. The van der Waals surface area contributed by atoms with Crippen molar-refractivity contribution in [1.29, 1.82) is 5.26 Å². The molecule has 0 unspecified atom stereocenters. The van der Waals surface area contributed by atoms with Crippen molar-refractivity contribution >= 4 is 23.2 Å². The van der Waals surface area contributed by atoms with Gasteiger partial charge in [0.05, 0.1) is 29.8 Å². The third kappa shape index (κ3) is 4.46. The van der Waals surface area contributed by atoms with Gasteiger partial charge in [0.25, 0.3) is 5.91 Å². The summed E-state index contributed by atoms with van der Waals surface area (Å²) >= 11 is 1.47. The number of aromatic amines is 1. The van der Waals surface area contributed by atoms with Gasteiger partial charge in [-0.1, -0.05) is 12.1 Å². The molecule has 1 saturated heterocycles. The topological polar surface area (TPSA) is 128 Å². The number of carbonyl (C=O) groups excluding carboxylic acids is 2. The van der Waals surface area contributed by atoms with Crippen LogP contribution in [0.1, 0.15) is 41.0 Å². The molecule has 1 aromatic carbocycles. The minimum atomic E-state index is -0.293. The smallest absolute Gasteiger partial charge is 0.291 e. The number of nitrogens with zero attached hydrogens (tertiary/aromatic N) is 5. The van der Waals surface area contributed by atoms with Gasteiger partial charge in [0.2, 0.25) is 11.7 Å². The highest BCUT2D eigenvalue weighted by Gasteiger charge is 2.36. The second-order valence-electron chi connectivity index (χ2n) is 7.36. The lowest BCUT2D eigenvalue weighted by Crippen LogP contribution is -2.51. The number of hydrogen-bond acceptors (Lipinski definition) is 7. The molecular formula is C21H21N7O2S. The van der Waals surface area contributed by atoms with Crippen molar-refractivity contribution in [1.82, 2.24) is 30.4 Å². The van der Waals surface area contributed by atoms with Gasteiger partial charge in [0.1, 0.15) is 11.3 Å². The van der Waals surface area contributed by atoms with Crippen LogP contribution in [0.5, 0.6) is 0 Å². The van der Waals surface area contributed by atoms with E-state index in [2.05, 4.69) is 31.6 Å². The van der Waals surface area contributed by atoms with Crippen LogP contribution in [0.15, 0.2) is 36.0 Å². The molecule has 0 aliphatic carbocycles. The van der Waals surface area contributed by atoms with E-state index in [1.807, 2.05) is 24.4 Å². The van der Waals surface area contributed by atoms with E-state index in [-0.39, 0.29) is 29.6 Å². The van der Waals surface area contributed by atoms with E-state index in [9.17, 15) is 9.59 Å². The Balaban J connectivity index is 1.36. The first-order valence-corrected chi connectivity index (χ1v) is 10.8. The van der Waals surface area contributed by atoms with Crippen LogP contribution in [0.3, 0.4) is 0 Å². The minimum absolute atomic E-state index is 0.0855. The summed E-state index contributed by atoms with van der Waals surface area (Å²) < 4.78 is 0. The molecule has 2 aromatic heterocycles. The number of nitriles is 1. The van der Waals surface area contributed by atoms with Crippen molar-refractivity contribution < 1.29 is 9.59 Å². The highest BCUT2D eigenvalue weighted by molar-refractivity contribution is 7.09. The second-order valence-corrected chi connectivity index (χ2v) is 8.30. The number of likely N-dealkylation sites (tertiary alicyclic amines) is 1. The summed E-state index contributed by atoms with van der Waals surface area (Å²) in [4.78, 5) is 35.7. The lowest BCUT2D eigenvalue weighted by atomic mass is 9.89. The van der Waals surface area contributed by atoms with Crippen molar-refractivity contribution in [2.45, 2.75) is 32.4 Å². The molecule has 2 amide bonds. The van der Waals surface area contributed by atoms with Crippen LogP contribution in [0, 0.1) is 17.2 Å². The van der Waals surface area contributed by atoms with E-state index in [0.29, 0.717) is 18.7 Å². The molecule has 31 heavy (non-hydrogen) atoms. The Labute approximate surface area is 183 Å². The fourth-order valence-electron chi connectivity index (χ4n) is 3.76. The first-order chi connectivity index (χ1) is 15.1. The molecule has 0 bridgehead atoms. The summed E-state index contributed by atoms with van der Waals surface area (Å²) in [5.41, 5.74) is 2.34. The summed E-state index contributed by atoms with van der Waals surface area (Å²) in [5.74, 6) is -0.434. The summed E-state index contributed by atoms with van der Waals surface area (Å²) in [7, 11) is 0. The number of piperidine rings is 1. The predicted octanol–water partition coefficient (Wildman–Crippen LogP) is 2.36. The average Bonchev–Trinajstić information content (AvgIpc) is 3.50. The zero-order chi connectivity index (χ0) is 21.8. The van der Waals surface area contributed by atoms with E-state index in [1.54, 1.807) is 17.0 Å². The molecule has 9 nitrogen and oxygen atoms in total. The molecule has 4 rings (SSSR count). The zero-order valence-electron chi connectivity index (χ0n) is 16.9. The monoisotopic (exact) mass is 435 g/mol. The van der Waals surface area contributed by atoms with Crippen LogP contribution < -0.4 is 5.32 Å². The van der Waals surface area contributed by atoms with E-state index in [0.717, 1.165) is 29.1 Å². The zero-order valence-corrected chi connectivity index (χ0v) is 17.7. The van der Waals surface area contributed by atoms with Crippen molar-refractivity contribution in [2.75, 3.05) is 6.54 Å². The Morgan fingerprint density at radius 2 is 2.16 bits per heavy atom. The molecule has 10 heteroatoms. The van der Waals surface area contributed by atoms with Gasteiger partial charge < -0.3 is 10.2 Å². The molecule has 1 aliphatic heterocycles. The number of amides is 2. The van der Waals surface area contributed by atoms with Gasteiger partial charge in [0, 0.05) is 23.5 Å². The number of H-pyrrole nitrogens is 1. The van der Waals surface area contributed by atoms with Gasteiger partial charge in [-0.15, -0.1) is 11.3 Å². The third-order valence-corrected chi connectivity index (χ3v) is 6.33. The Morgan fingerprint density at radius 1 is 1.35 bits per heavy atom. The van der Waals surface area contributed by atoms with Gasteiger partial charge in [-0.25, -0.2) is 9.97 Å². The first-order valence-electron chi connectivity index (χ1n) is 9.96. The maximum atomic E-state index is 12.8. The van der Waals surface area contributed by atoms with Crippen molar-refractivity contribution in [3.63, 3.8) is 0 Å². The van der Waals surface area contributed by atoms with E-state index >= 15 is 0 Å². The summed E-state index contributed by atoms with van der Waals surface area (Å²) in [5, 5.41) is 20.9. The molecule has 0 saturated carbocycles. The van der Waals surface area contributed by atoms with Gasteiger partial charge in [-0.05, 0) is 31.9 Å². The molecule has 2 atom stereocenters. The molecule has 3 heterocycles. The molecule has 1 fully saturated rings. The Hall–Kier alpha value is -3.58. The summed E-state index contributed by atoms with van der Waals surface area (Å²) in [6.07, 6.45) is 2.77. The molecule has 158 valence electrons. The van der Waals surface area contributed by atoms with Gasteiger partial charge in [0.15, 0.2) is 0 Å².